The molecule has 39 heavy (non-hydrogen) atoms. The highest BCUT2D eigenvalue weighted by Gasteiger charge is 2.53. The zero-order valence-electron chi connectivity index (χ0n) is 22.2. The minimum absolute atomic E-state index is 0.132. The van der Waals surface area contributed by atoms with Crippen molar-refractivity contribution in [1.29, 1.82) is 0 Å². The van der Waals surface area contributed by atoms with Crippen molar-refractivity contribution >= 4 is 85.3 Å². The molecule has 2 rings (SSSR count). The van der Waals surface area contributed by atoms with E-state index in [2.05, 4.69) is 10.8 Å². The molecule has 0 aromatic heterocycles. The highest BCUT2D eigenvalue weighted by atomic mass is 32.2. The van der Waals surface area contributed by atoms with Crippen LogP contribution in [0.1, 0.15) is 39.2 Å². The van der Waals surface area contributed by atoms with Crippen molar-refractivity contribution in [3.8, 4) is 0 Å². The summed E-state index contributed by atoms with van der Waals surface area (Å²) < 4.78 is 7.83. The number of thioether (sulfide) groups is 2. The molecule has 1 saturated heterocycles. The van der Waals surface area contributed by atoms with Crippen LogP contribution in [0.3, 0.4) is 0 Å². The van der Waals surface area contributed by atoms with Crippen molar-refractivity contribution in [1.82, 2.24) is 10.8 Å². The van der Waals surface area contributed by atoms with E-state index in [-0.39, 0.29) is 18.1 Å². The lowest BCUT2D eigenvalue weighted by molar-refractivity contribution is -0.168. The van der Waals surface area contributed by atoms with Gasteiger partial charge in [0.05, 0.1) is 25.9 Å². The number of amides is 2. The number of hydrogen-bond acceptors (Lipinski definition) is 12. The average molecular weight is 637 g/mol. The molecule has 14 heteroatoms. The molecule has 0 spiro atoms. The summed E-state index contributed by atoms with van der Waals surface area (Å²) in [5, 5.41) is 2.79. The molecule has 9 nitrogen and oxygen atoms in total. The molecule has 218 valence electrons. The van der Waals surface area contributed by atoms with Gasteiger partial charge in [-0.15, -0.1) is 11.8 Å². The van der Waals surface area contributed by atoms with Crippen LogP contribution < -0.4 is 10.8 Å². The number of esters is 1. The third-order valence-corrected chi connectivity index (χ3v) is 10.9. The maximum absolute atomic E-state index is 13.0. The number of nitrogens with one attached hydrogen (secondary N) is 2. The summed E-state index contributed by atoms with van der Waals surface area (Å²) in [6, 6.07) is 8.71. The summed E-state index contributed by atoms with van der Waals surface area (Å²) in [6.45, 7) is 4.79. The molecule has 1 aromatic carbocycles. The first kappa shape index (κ1) is 33.9. The van der Waals surface area contributed by atoms with Crippen molar-refractivity contribution in [3.05, 3.63) is 35.9 Å². The fourth-order valence-corrected chi connectivity index (χ4v) is 6.82. The Kier molecular flexibility index (Phi) is 13.5. The van der Waals surface area contributed by atoms with E-state index in [9.17, 15) is 19.2 Å². The first-order chi connectivity index (χ1) is 18.3. The van der Waals surface area contributed by atoms with E-state index >= 15 is 0 Å². The number of thiol groups is 3. The molecule has 0 bridgehead atoms. The van der Waals surface area contributed by atoms with Crippen LogP contribution in [-0.2, 0) is 35.1 Å². The quantitative estimate of drug-likeness (QED) is 0.139. The van der Waals surface area contributed by atoms with Crippen molar-refractivity contribution in [2.75, 3.05) is 17.8 Å². The molecule has 0 aliphatic carbocycles. The summed E-state index contributed by atoms with van der Waals surface area (Å²) in [7, 11) is 0. The van der Waals surface area contributed by atoms with Gasteiger partial charge in [-0.25, -0.2) is 9.59 Å². The largest absolute Gasteiger partial charge is 0.425 e. The van der Waals surface area contributed by atoms with E-state index in [0.29, 0.717) is 18.6 Å². The normalized spacial score (nSPS) is 21.9. The number of rotatable bonds is 11. The molecule has 1 aliphatic heterocycles. The van der Waals surface area contributed by atoms with Gasteiger partial charge in [-0.1, -0.05) is 44.2 Å². The topological polar surface area (TPSA) is 120 Å². The number of ether oxygens (including phenoxy) is 2. The first-order valence-electron chi connectivity index (χ1n) is 12.3. The predicted molar refractivity (Wildman–Crippen MR) is 164 cm³/mol. The maximum atomic E-state index is 13.0. The van der Waals surface area contributed by atoms with Gasteiger partial charge >= 0.3 is 18.0 Å². The van der Waals surface area contributed by atoms with Crippen LogP contribution in [0.2, 0.25) is 0 Å². The Labute approximate surface area is 254 Å². The molecule has 1 aliphatic rings. The zero-order chi connectivity index (χ0) is 29.2. The second-order valence-corrected chi connectivity index (χ2v) is 14.5. The molecule has 0 radical (unpaired) electrons. The molecular formula is C25H36N2O7S5. The smallest absolute Gasteiger partial charge is 0.410 e. The van der Waals surface area contributed by atoms with Gasteiger partial charge in [0.25, 0.3) is 5.91 Å². The van der Waals surface area contributed by atoms with Crippen molar-refractivity contribution in [3.63, 3.8) is 0 Å². The molecule has 1 heterocycles. The van der Waals surface area contributed by atoms with Gasteiger partial charge in [-0.2, -0.15) is 55.1 Å². The lowest BCUT2D eigenvalue weighted by atomic mass is 9.91. The summed E-state index contributed by atoms with van der Waals surface area (Å²) >= 11 is 17.5. The van der Waals surface area contributed by atoms with Crippen molar-refractivity contribution < 1.29 is 33.5 Å². The standard InChI is InChI=1S/C25H36N2O7S5/c1-15(2)22(30)32-16(3)33-23(31)26-19(10-11-38-4)25(36,37)24(35)13-18(12-17-8-6-5-7-9-17)21(29)27-34-20(28)14-39-24/h5-9,15-16,18-19,35-37H,10-14H2,1-4H3,(H,26,31)(H,27,29). The van der Waals surface area contributed by atoms with Gasteiger partial charge in [0.2, 0.25) is 6.29 Å². The fourth-order valence-electron chi connectivity index (χ4n) is 3.74. The van der Waals surface area contributed by atoms with Crippen LogP contribution in [-0.4, -0.2) is 62.2 Å². The number of alkyl carbamates (subject to hydrolysis) is 1. The first-order valence-corrected chi connectivity index (χ1v) is 16.0. The van der Waals surface area contributed by atoms with E-state index in [1.807, 2.05) is 36.6 Å². The lowest BCUT2D eigenvalue weighted by Gasteiger charge is -2.46. The molecule has 2 N–H and O–H groups in total. The van der Waals surface area contributed by atoms with Gasteiger partial charge < -0.3 is 19.6 Å². The summed E-state index contributed by atoms with van der Waals surface area (Å²) in [5.41, 5.74) is 3.17. The van der Waals surface area contributed by atoms with Gasteiger partial charge in [0.15, 0.2) is 0 Å². The second-order valence-electron chi connectivity index (χ2n) is 9.37. The minimum atomic E-state index is -1.35. The van der Waals surface area contributed by atoms with E-state index in [1.54, 1.807) is 25.6 Å². The SMILES string of the molecule is CSCCC(NC(=O)OC(C)OC(=O)C(C)C)C(S)(S)C1(S)CC(Cc2ccccc2)C(=O)NOC(=O)CS1. The Balaban J connectivity index is 2.33. The minimum Gasteiger partial charge on any atom is -0.425 e. The van der Waals surface area contributed by atoms with Gasteiger partial charge in [0, 0.05) is 12.8 Å². The summed E-state index contributed by atoms with van der Waals surface area (Å²) in [6.07, 6.45) is 0.901. The number of hydroxylamine groups is 1. The Morgan fingerprint density at radius 1 is 1.23 bits per heavy atom. The van der Waals surface area contributed by atoms with Crippen LogP contribution in [0.4, 0.5) is 4.79 Å². The van der Waals surface area contributed by atoms with Crippen LogP contribution in [0.15, 0.2) is 30.3 Å². The molecule has 2 amide bonds. The van der Waals surface area contributed by atoms with Crippen molar-refractivity contribution in [2.24, 2.45) is 11.8 Å². The molecule has 1 fully saturated rings. The van der Waals surface area contributed by atoms with E-state index in [1.165, 1.54) is 6.92 Å². The predicted octanol–water partition coefficient (Wildman–Crippen LogP) is 4.13. The third kappa shape index (κ3) is 10.2. The molecule has 4 atom stereocenters. The molecule has 0 saturated carbocycles. The Hall–Kier alpha value is -1.35. The summed E-state index contributed by atoms with van der Waals surface area (Å²) in [4.78, 5) is 55.0. The average Bonchev–Trinajstić information content (AvgIpc) is 2.92. The summed E-state index contributed by atoms with van der Waals surface area (Å²) in [5.74, 6) is -2.16. The van der Waals surface area contributed by atoms with Gasteiger partial charge in [-0.05, 0) is 36.8 Å². The van der Waals surface area contributed by atoms with Crippen LogP contribution in [0.5, 0.6) is 0 Å². The fraction of sp³-hybridized carbons (Fsp3) is 0.600. The monoisotopic (exact) mass is 636 g/mol. The molecule has 4 unspecified atom stereocenters. The maximum Gasteiger partial charge on any atom is 0.410 e. The number of hydrogen-bond donors (Lipinski definition) is 5. The highest BCUT2D eigenvalue weighted by molar-refractivity contribution is 8.15. The number of carbonyl (C=O) groups is 4. The third-order valence-electron chi connectivity index (χ3n) is 5.90. The molecular weight excluding hydrogens is 601 g/mol. The van der Waals surface area contributed by atoms with E-state index < -0.39 is 50.3 Å². The van der Waals surface area contributed by atoms with Crippen LogP contribution >= 0.6 is 61.4 Å². The lowest BCUT2D eigenvalue weighted by Crippen LogP contribution is -2.57. The molecule has 1 aromatic rings. The van der Waals surface area contributed by atoms with Crippen LogP contribution in [0, 0.1) is 11.8 Å². The second kappa shape index (κ2) is 15.6. The number of benzene rings is 1. The van der Waals surface area contributed by atoms with Gasteiger partial charge in [-0.3, -0.25) is 9.59 Å². The Bertz CT molecular complexity index is 998. The highest BCUT2D eigenvalue weighted by Crippen LogP contribution is 2.53. The van der Waals surface area contributed by atoms with Crippen LogP contribution in [0.25, 0.3) is 0 Å². The zero-order valence-corrected chi connectivity index (χ0v) is 26.6. The Morgan fingerprint density at radius 2 is 1.90 bits per heavy atom. The van der Waals surface area contributed by atoms with Gasteiger partial charge in [0.1, 0.15) is 0 Å². The van der Waals surface area contributed by atoms with E-state index in [0.717, 1.165) is 17.3 Å². The van der Waals surface area contributed by atoms with E-state index in [4.69, 9.17) is 52.2 Å². The van der Waals surface area contributed by atoms with Crippen molar-refractivity contribution in [2.45, 2.75) is 60.5 Å². The Morgan fingerprint density at radius 3 is 2.51 bits per heavy atom. The number of carbonyl (C=O) groups excluding carboxylic acids is 4.